The molecule has 2 saturated carbocycles. The topological polar surface area (TPSA) is 112 Å². The summed E-state index contributed by atoms with van der Waals surface area (Å²) >= 11 is 0. The third-order valence-corrected chi connectivity index (χ3v) is 7.61. The molecule has 2 aliphatic carbocycles. The quantitative estimate of drug-likeness (QED) is 0.391. The van der Waals surface area contributed by atoms with Crippen LogP contribution in [0.25, 0.3) is 5.65 Å². The number of nitrogens with zero attached hydrogens (tertiary/aromatic N) is 5. The maximum Gasteiger partial charge on any atom is 0.407 e. The van der Waals surface area contributed by atoms with E-state index in [1.165, 1.54) is 0 Å². The minimum absolute atomic E-state index is 0.0341. The van der Waals surface area contributed by atoms with Gasteiger partial charge in [-0.05, 0) is 38.7 Å². The number of nitrogens with one attached hydrogen (secondary N) is 3. The second-order valence-electron chi connectivity index (χ2n) is 10.8. The summed E-state index contributed by atoms with van der Waals surface area (Å²) in [5.74, 6) is -0.587. The van der Waals surface area contributed by atoms with Gasteiger partial charge in [-0.2, -0.15) is 18.3 Å². The standard InChI is InChI=1S/C24H28F4N8O2/c1-23(3-4-23)32-22(37)38-18-7-13(6-16(18)25)17-8-19(34-33-17)31-21-29-5-2-20-30-15(12-36(20)21)11-35-9-14(10-35)24(26,27)28/h2,5,8,12-14,16,18H,3-4,6-7,9-11H2,1H3,(H,32,37)(H2,29,31,33,34)/t13-,16+,18-/m0/s1. The number of hydrogen-bond acceptors (Lipinski definition) is 7. The van der Waals surface area contributed by atoms with E-state index in [1.807, 2.05) is 6.92 Å². The van der Waals surface area contributed by atoms with Gasteiger partial charge in [-0.25, -0.2) is 19.2 Å². The normalized spacial score (nSPS) is 25.3. The molecule has 1 amide bonds. The van der Waals surface area contributed by atoms with Crippen LogP contribution in [0.3, 0.4) is 0 Å². The van der Waals surface area contributed by atoms with Crippen LogP contribution in [-0.2, 0) is 11.3 Å². The van der Waals surface area contributed by atoms with Crippen LogP contribution in [0, 0.1) is 5.92 Å². The summed E-state index contributed by atoms with van der Waals surface area (Å²) in [6.07, 6.45) is -1.19. The molecular formula is C24H28F4N8O2. The lowest BCUT2D eigenvalue weighted by Gasteiger charge is -2.39. The molecule has 10 nitrogen and oxygen atoms in total. The number of anilines is 2. The molecule has 3 N–H and O–H groups in total. The zero-order valence-electron chi connectivity index (χ0n) is 20.6. The lowest BCUT2D eigenvalue weighted by atomic mass is 10.00. The average molecular weight is 537 g/mol. The highest BCUT2D eigenvalue weighted by atomic mass is 19.4. The van der Waals surface area contributed by atoms with Gasteiger partial charge in [-0.15, -0.1) is 0 Å². The fourth-order valence-electron chi connectivity index (χ4n) is 5.05. The molecule has 1 aliphatic heterocycles. The number of amides is 1. The molecular weight excluding hydrogens is 508 g/mol. The lowest BCUT2D eigenvalue weighted by molar-refractivity contribution is -0.210. The van der Waals surface area contributed by atoms with Crippen molar-refractivity contribution in [3.05, 3.63) is 35.9 Å². The summed E-state index contributed by atoms with van der Waals surface area (Å²) in [5.41, 5.74) is 1.71. The molecule has 0 aromatic carbocycles. The van der Waals surface area contributed by atoms with Gasteiger partial charge in [0.1, 0.15) is 17.9 Å². The van der Waals surface area contributed by atoms with Crippen LogP contribution >= 0.6 is 0 Å². The number of fused-ring (bicyclic) bond motifs is 1. The summed E-state index contributed by atoms with van der Waals surface area (Å²) in [6, 6.07) is 3.47. The minimum atomic E-state index is -4.17. The van der Waals surface area contributed by atoms with Crippen LogP contribution in [-0.4, -0.2) is 72.6 Å². The van der Waals surface area contributed by atoms with E-state index in [4.69, 9.17) is 4.74 Å². The zero-order chi connectivity index (χ0) is 26.7. The van der Waals surface area contributed by atoms with Crippen molar-refractivity contribution in [1.29, 1.82) is 0 Å². The van der Waals surface area contributed by atoms with Crippen molar-refractivity contribution in [2.75, 3.05) is 18.4 Å². The second kappa shape index (κ2) is 9.10. The SMILES string of the molecule is CC1(NC(=O)O[C@H]2C[C@@H](c3cc(Nc4nccc5nc(CN6CC(C(F)(F)F)C6)cn45)n[nH]3)C[C@H]2F)CC1. The Hall–Kier alpha value is -3.42. The highest BCUT2D eigenvalue weighted by molar-refractivity contribution is 5.69. The van der Waals surface area contributed by atoms with Gasteiger partial charge in [0.25, 0.3) is 0 Å². The number of alkyl halides is 4. The molecule has 14 heteroatoms. The molecule has 1 saturated heterocycles. The Morgan fingerprint density at radius 3 is 2.82 bits per heavy atom. The minimum Gasteiger partial charge on any atom is -0.443 e. The number of ether oxygens (including phenoxy) is 1. The third kappa shape index (κ3) is 5.13. The number of carbonyl (C=O) groups is 1. The monoisotopic (exact) mass is 536 g/mol. The van der Waals surface area contributed by atoms with Crippen LogP contribution in [0.1, 0.15) is 49.9 Å². The molecule has 0 spiro atoms. The van der Waals surface area contributed by atoms with Gasteiger partial charge in [-0.1, -0.05) is 0 Å². The molecule has 6 rings (SSSR count). The van der Waals surface area contributed by atoms with E-state index in [0.29, 0.717) is 41.8 Å². The smallest absolute Gasteiger partial charge is 0.407 e. The Balaban J connectivity index is 1.08. The van der Waals surface area contributed by atoms with Gasteiger partial charge in [-0.3, -0.25) is 14.4 Å². The number of imidazole rings is 1. The molecule has 38 heavy (non-hydrogen) atoms. The Labute approximate surface area is 215 Å². The predicted molar refractivity (Wildman–Crippen MR) is 128 cm³/mol. The first-order chi connectivity index (χ1) is 18.0. The van der Waals surface area contributed by atoms with Gasteiger partial charge < -0.3 is 15.4 Å². The van der Waals surface area contributed by atoms with E-state index < -0.39 is 30.5 Å². The molecule has 0 bridgehead atoms. The maximum absolute atomic E-state index is 14.6. The molecule has 3 aliphatic rings. The van der Waals surface area contributed by atoms with Gasteiger partial charge in [0, 0.05) is 55.2 Å². The molecule has 3 atom stereocenters. The summed E-state index contributed by atoms with van der Waals surface area (Å²) < 4.78 is 60.0. The van der Waals surface area contributed by atoms with E-state index in [9.17, 15) is 22.4 Å². The number of carbonyl (C=O) groups excluding carboxylic acids is 1. The van der Waals surface area contributed by atoms with Crippen LogP contribution in [0.15, 0.2) is 24.5 Å². The van der Waals surface area contributed by atoms with Crippen LogP contribution < -0.4 is 10.6 Å². The Kier molecular flexibility index (Phi) is 5.96. The number of H-pyrrole nitrogens is 1. The van der Waals surface area contributed by atoms with E-state index in [2.05, 4.69) is 30.8 Å². The predicted octanol–water partition coefficient (Wildman–Crippen LogP) is 4.05. The highest BCUT2D eigenvalue weighted by Gasteiger charge is 2.47. The van der Waals surface area contributed by atoms with Crippen molar-refractivity contribution in [2.45, 2.75) is 69.1 Å². The van der Waals surface area contributed by atoms with E-state index in [-0.39, 0.29) is 31.0 Å². The Morgan fingerprint density at radius 2 is 2.08 bits per heavy atom. The van der Waals surface area contributed by atoms with Crippen molar-refractivity contribution >= 4 is 23.5 Å². The number of hydrogen-bond donors (Lipinski definition) is 3. The Morgan fingerprint density at radius 1 is 1.29 bits per heavy atom. The molecule has 0 radical (unpaired) electrons. The van der Waals surface area contributed by atoms with E-state index in [1.54, 1.807) is 33.8 Å². The Bertz CT molecular complexity index is 1330. The summed E-state index contributed by atoms with van der Waals surface area (Å²) in [7, 11) is 0. The van der Waals surface area contributed by atoms with Gasteiger partial charge >= 0.3 is 12.3 Å². The molecule has 204 valence electrons. The first-order valence-corrected chi connectivity index (χ1v) is 12.6. The number of halogens is 4. The summed E-state index contributed by atoms with van der Waals surface area (Å²) in [4.78, 5) is 22.6. The van der Waals surface area contributed by atoms with Gasteiger partial charge in [0.15, 0.2) is 5.82 Å². The largest absolute Gasteiger partial charge is 0.443 e. The van der Waals surface area contributed by atoms with Crippen molar-refractivity contribution in [3.8, 4) is 0 Å². The number of aromatic nitrogens is 5. The van der Waals surface area contributed by atoms with Crippen molar-refractivity contribution < 1.29 is 27.1 Å². The average Bonchev–Trinajstić information content (AvgIpc) is 3.18. The molecule has 0 unspecified atom stereocenters. The van der Waals surface area contributed by atoms with Crippen molar-refractivity contribution in [3.63, 3.8) is 0 Å². The maximum atomic E-state index is 14.6. The number of alkyl carbamates (subject to hydrolysis) is 1. The first kappa shape index (κ1) is 24.9. The first-order valence-electron chi connectivity index (χ1n) is 12.6. The second-order valence-corrected chi connectivity index (χ2v) is 10.8. The van der Waals surface area contributed by atoms with Crippen LogP contribution in [0.5, 0.6) is 0 Å². The van der Waals surface area contributed by atoms with Crippen molar-refractivity contribution in [1.82, 2.24) is 34.8 Å². The summed E-state index contributed by atoms with van der Waals surface area (Å²) in [6.45, 7) is 2.17. The van der Waals surface area contributed by atoms with Gasteiger partial charge in [0.05, 0.1) is 11.6 Å². The van der Waals surface area contributed by atoms with E-state index >= 15 is 0 Å². The number of likely N-dealkylation sites (tertiary alicyclic amines) is 1. The highest BCUT2D eigenvalue weighted by Crippen LogP contribution is 2.39. The fraction of sp³-hybridized carbons (Fsp3) is 0.583. The number of aromatic amines is 1. The lowest BCUT2D eigenvalue weighted by Crippen LogP contribution is -2.52. The van der Waals surface area contributed by atoms with Crippen LogP contribution in [0.4, 0.5) is 34.1 Å². The van der Waals surface area contributed by atoms with Crippen LogP contribution in [0.2, 0.25) is 0 Å². The molecule has 4 heterocycles. The van der Waals surface area contributed by atoms with E-state index in [0.717, 1.165) is 12.8 Å². The van der Waals surface area contributed by atoms with Crippen molar-refractivity contribution in [2.24, 2.45) is 5.92 Å². The molecule has 3 fully saturated rings. The van der Waals surface area contributed by atoms with Gasteiger partial charge in [0.2, 0.25) is 5.95 Å². The fourth-order valence-corrected chi connectivity index (χ4v) is 5.05. The summed E-state index contributed by atoms with van der Waals surface area (Å²) in [5, 5.41) is 13.1. The third-order valence-electron chi connectivity index (χ3n) is 7.61. The molecule has 3 aromatic rings. The zero-order valence-corrected chi connectivity index (χ0v) is 20.6. The molecule has 3 aromatic heterocycles. The number of rotatable bonds is 7.